The van der Waals surface area contributed by atoms with Crippen LogP contribution in [0.25, 0.3) is 0 Å². The number of aliphatic hydroxyl groups is 2. The molecule has 0 amide bonds. The van der Waals surface area contributed by atoms with Gasteiger partial charge >= 0.3 is 11.9 Å². The third-order valence-electron chi connectivity index (χ3n) is 9.89. The number of rotatable bonds is 3. The summed E-state index contributed by atoms with van der Waals surface area (Å²) in [5.74, 6) is -2.08. The Kier molecular flexibility index (Phi) is 5.22. The summed E-state index contributed by atoms with van der Waals surface area (Å²) < 4.78 is 16.0. The Hall–Kier alpha value is -2.45. The maximum atomic E-state index is 14.0. The van der Waals surface area contributed by atoms with Crippen molar-refractivity contribution in [1.82, 2.24) is 0 Å². The minimum atomic E-state index is -2.01. The van der Waals surface area contributed by atoms with Crippen molar-refractivity contribution < 1.29 is 38.5 Å². The van der Waals surface area contributed by atoms with Gasteiger partial charge in [0.05, 0.1) is 32.2 Å². The van der Waals surface area contributed by atoms with E-state index in [1.165, 1.54) is 7.11 Å². The molecule has 7 atom stereocenters. The molecule has 3 fully saturated rings. The molecule has 0 radical (unpaired) electrons. The van der Waals surface area contributed by atoms with Gasteiger partial charge < -0.3 is 24.1 Å². The van der Waals surface area contributed by atoms with Gasteiger partial charge in [0.15, 0.2) is 11.4 Å². The van der Waals surface area contributed by atoms with Gasteiger partial charge in [-0.2, -0.15) is 0 Å². The summed E-state index contributed by atoms with van der Waals surface area (Å²) in [7, 11) is 1.30. The SMILES string of the molecule is COC(=O)CC1C(C)(C)C(O)C2(O)CC3=C4CC(=O)OC(c5ccoc5)C4(C)CCC3C1(C)C2=O. The molecule has 3 aliphatic carbocycles. The Morgan fingerprint density at radius 2 is 1.94 bits per heavy atom. The first-order valence-electron chi connectivity index (χ1n) is 12.3. The summed E-state index contributed by atoms with van der Waals surface area (Å²) in [6.07, 6.45) is 2.48. The van der Waals surface area contributed by atoms with Crippen molar-refractivity contribution in [3.63, 3.8) is 0 Å². The molecule has 2 saturated carbocycles. The summed E-state index contributed by atoms with van der Waals surface area (Å²) in [6, 6.07) is 1.79. The number of hydrogen-bond donors (Lipinski definition) is 2. The molecule has 0 aromatic carbocycles. The predicted molar refractivity (Wildman–Crippen MR) is 123 cm³/mol. The first-order chi connectivity index (χ1) is 16.3. The summed E-state index contributed by atoms with van der Waals surface area (Å²) in [5, 5.41) is 23.2. The van der Waals surface area contributed by atoms with Gasteiger partial charge in [-0.25, -0.2) is 0 Å². The van der Waals surface area contributed by atoms with Crippen LogP contribution in [0.3, 0.4) is 0 Å². The van der Waals surface area contributed by atoms with E-state index in [1.807, 2.05) is 6.92 Å². The van der Waals surface area contributed by atoms with Gasteiger partial charge in [-0.05, 0) is 41.7 Å². The lowest BCUT2D eigenvalue weighted by Crippen LogP contribution is -2.74. The molecule has 0 spiro atoms. The lowest BCUT2D eigenvalue weighted by atomic mass is 9.39. The molecule has 2 bridgehead atoms. The number of cyclic esters (lactones) is 1. The highest BCUT2D eigenvalue weighted by atomic mass is 16.5. The van der Waals surface area contributed by atoms with Gasteiger partial charge in [0.2, 0.25) is 0 Å². The number of carbonyl (C=O) groups excluding carboxylic acids is 3. The van der Waals surface area contributed by atoms with Crippen LogP contribution in [0.5, 0.6) is 0 Å². The van der Waals surface area contributed by atoms with Crippen LogP contribution >= 0.6 is 0 Å². The predicted octanol–water partition coefficient (Wildman–Crippen LogP) is 3.27. The van der Waals surface area contributed by atoms with E-state index in [4.69, 9.17) is 13.9 Å². The topological polar surface area (TPSA) is 123 Å². The summed E-state index contributed by atoms with van der Waals surface area (Å²) in [6.45, 7) is 7.49. The van der Waals surface area contributed by atoms with E-state index in [1.54, 1.807) is 32.4 Å². The zero-order chi connectivity index (χ0) is 25.6. The van der Waals surface area contributed by atoms with E-state index in [0.29, 0.717) is 12.8 Å². The van der Waals surface area contributed by atoms with Gasteiger partial charge in [-0.1, -0.05) is 33.3 Å². The van der Waals surface area contributed by atoms with Crippen molar-refractivity contribution in [2.75, 3.05) is 7.11 Å². The van der Waals surface area contributed by atoms with Crippen LogP contribution in [0.1, 0.15) is 71.5 Å². The lowest BCUT2D eigenvalue weighted by molar-refractivity contribution is -0.226. The fourth-order valence-corrected chi connectivity index (χ4v) is 8.07. The highest BCUT2D eigenvalue weighted by Gasteiger charge is 2.72. The number of furan rings is 1. The number of hydrogen-bond acceptors (Lipinski definition) is 8. The average Bonchev–Trinajstić information content (AvgIpc) is 3.34. The number of ketones is 1. The molecule has 35 heavy (non-hydrogen) atoms. The fraction of sp³-hybridized carbons (Fsp3) is 0.667. The van der Waals surface area contributed by atoms with Gasteiger partial charge in [-0.15, -0.1) is 0 Å². The van der Waals surface area contributed by atoms with Crippen molar-refractivity contribution in [2.45, 2.75) is 77.6 Å². The third-order valence-corrected chi connectivity index (χ3v) is 9.89. The number of carbonyl (C=O) groups is 3. The monoisotopic (exact) mass is 486 g/mol. The quantitative estimate of drug-likeness (QED) is 0.493. The number of methoxy groups -OCH3 is 1. The maximum absolute atomic E-state index is 14.0. The smallest absolute Gasteiger partial charge is 0.310 e. The normalized spacial score (nSPS) is 42.1. The molecule has 1 aromatic heterocycles. The second kappa shape index (κ2) is 7.53. The van der Waals surface area contributed by atoms with Crippen LogP contribution in [0.4, 0.5) is 0 Å². The molecule has 8 nitrogen and oxygen atoms in total. The van der Waals surface area contributed by atoms with E-state index in [0.717, 1.165) is 16.7 Å². The number of fused-ring (bicyclic) bond motifs is 5. The Bertz CT molecular complexity index is 1120. The van der Waals surface area contributed by atoms with Crippen LogP contribution in [0, 0.1) is 28.1 Å². The zero-order valence-electron chi connectivity index (χ0n) is 20.9. The van der Waals surface area contributed by atoms with Gasteiger partial charge in [0.1, 0.15) is 6.10 Å². The molecule has 4 aliphatic rings. The van der Waals surface area contributed by atoms with E-state index in [2.05, 4.69) is 6.92 Å². The Morgan fingerprint density at radius 3 is 2.57 bits per heavy atom. The molecule has 5 rings (SSSR count). The Labute approximate surface area is 204 Å². The van der Waals surface area contributed by atoms with Crippen LogP contribution in [-0.2, 0) is 23.9 Å². The van der Waals surface area contributed by atoms with Crippen LogP contribution in [-0.4, -0.2) is 46.7 Å². The number of ether oxygens (including phenoxy) is 2. The van der Waals surface area contributed by atoms with Crippen LogP contribution < -0.4 is 0 Å². The number of esters is 2. The summed E-state index contributed by atoms with van der Waals surface area (Å²) >= 11 is 0. The largest absolute Gasteiger partial charge is 0.472 e. The molecule has 1 aliphatic heterocycles. The highest BCUT2D eigenvalue weighted by molar-refractivity contribution is 5.97. The van der Waals surface area contributed by atoms with Gasteiger partial charge in [-0.3, -0.25) is 14.4 Å². The molecule has 2 N–H and O–H groups in total. The minimum absolute atomic E-state index is 0.0298. The lowest BCUT2D eigenvalue weighted by Gasteiger charge is -2.65. The molecule has 8 heteroatoms. The average molecular weight is 487 g/mol. The second-order valence-corrected chi connectivity index (χ2v) is 11.9. The zero-order valence-corrected chi connectivity index (χ0v) is 20.9. The number of aliphatic hydroxyl groups excluding tert-OH is 1. The highest BCUT2D eigenvalue weighted by Crippen LogP contribution is 2.68. The van der Waals surface area contributed by atoms with Crippen molar-refractivity contribution in [3.05, 3.63) is 35.3 Å². The summed E-state index contributed by atoms with van der Waals surface area (Å²) in [4.78, 5) is 39.2. The van der Waals surface area contributed by atoms with Crippen molar-refractivity contribution in [3.8, 4) is 0 Å². The van der Waals surface area contributed by atoms with E-state index in [9.17, 15) is 24.6 Å². The molecule has 190 valence electrons. The van der Waals surface area contributed by atoms with E-state index in [-0.39, 0.29) is 31.1 Å². The number of Topliss-reactive ketones (excluding diaryl/α,β-unsaturated/α-hetero) is 1. The molecule has 2 heterocycles. The Morgan fingerprint density at radius 1 is 1.23 bits per heavy atom. The second-order valence-electron chi connectivity index (χ2n) is 11.9. The molecular formula is C27H34O8. The van der Waals surface area contributed by atoms with Crippen LogP contribution in [0.2, 0.25) is 0 Å². The van der Waals surface area contributed by atoms with Crippen molar-refractivity contribution in [1.29, 1.82) is 0 Å². The fourth-order valence-electron chi connectivity index (χ4n) is 8.07. The molecule has 1 saturated heterocycles. The van der Waals surface area contributed by atoms with Gasteiger partial charge in [0.25, 0.3) is 0 Å². The first-order valence-corrected chi connectivity index (χ1v) is 12.3. The molecule has 7 unspecified atom stereocenters. The van der Waals surface area contributed by atoms with Gasteiger partial charge in [0, 0.05) is 29.2 Å². The third kappa shape index (κ3) is 3.02. The molecular weight excluding hydrogens is 452 g/mol. The molecule has 1 aromatic rings. The van der Waals surface area contributed by atoms with E-state index >= 15 is 0 Å². The maximum Gasteiger partial charge on any atom is 0.310 e. The van der Waals surface area contributed by atoms with Crippen molar-refractivity contribution >= 4 is 17.7 Å². The van der Waals surface area contributed by atoms with Crippen molar-refractivity contribution in [2.24, 2.45) is 28.1 Å². The first kappa shape index (κ1) is 24.3. The Balaban J connectivity index is 1.71. The van der Waals surface area contributed by atoms with E-state index < -0.39 is 51.7 Å². The summed E-state index contributed by atoms with van der Waals surface area (Å²) in [5.41, 5.74) is -2.10. The minimum Gasteiger partial charge on any atom is -0.472 e. The standard InChI is InChI=1S/C27H34O8/c1-24(2)18(11-19(28)33-5)26(4)16-6-8-25(3)17(15(16)12-27(32,22(24)30)23(26)31)10-20(29)35-21(25)14-7-9-34-13-14/h7,9,13,16,18,21-22,30,32H,6,8,10-12H2,1-5H3. The van der Waals surface area contributed by atoms with Crippen LogP contribution in [0.15, 0.2) is 34.2 Å².